The molecular weight excluding hydrogens is 270 g/mol. The average molecular weight is 286 g/mol. The molecule has 1 saturated heterocycles. The lowest BCUT2D eigenvalue weighted by molar-refractivity contribution is -0.155. The number of hydrogen-bond acceptors (Lipinski definition) is 3. The molecule has 0 spiro atoms. The number of rotatable bonds is 4. The van der Waals surface area contributed by atoms with E-state index in [2.05, 4.69) is 33.4 Å². The lowest BCUT2D eigenvalue weighted by Crippen LogP contribution is -2.53. The largest absolute Gasteiger partial charge is 0.396 e. The van der Waals surface area contributed by atoms with Crippen molar-refractivity contribution in [3.63, 3.8) is 0 Å². The van der Waals surface area contributed by atoms with E-state index in [9.17, 15) is 5.11 Å². The van der Waals surface area contributed by atoms with Gasteiger partial charge in [0.1, 0.15) is 0 Å². The minimum absolute atomic E-state index is 0.138. The Balaban J connectivity index is 2.25. The van der Waals surface area contributed by atoms with Crippen LogP contribution in [0.3, 0.4) is 0 Å². The fourth-order valence-corrected chi connectivity index (χ4v) is 2.46. The molecule has 16 heavy (non-hydrogen) atoms. The zero-order valence-electron chi connectivity index (χ0n) is 9.24. The number of nitrogens with one attached hydrogen (secondary N) is 1. The summed E-state index contributed by atoms with van der Waals surface area (Å²) in [7, 11) is 1.92. The Bertz CT molecular complexity index is 343. The van der Waals surface area contributed by atoms with Crippen molar-refractivity contribution in [2.75, 3.05) is 26.9 Å². The van der Waals surface area contributed by atoms with E-state index in [-0.39, 0.29) is 18.1 Å². The molecule has 1 aliphatic heterocycles. The van der Waals surface area contributed by atoms with Crippen molar-refractivity contribution < 1.29 is 9.84 Å². The first-order chi connectivity index (χ1) is 7.72. The molecule has 1 aromatic rings. The van der Waals surface area contributed by atoms with E-state index < -0.39 is 0 Å². The van der Waals surface area contributed by atoms with E-state index in [1.165, 1.54) is 5.56 Å². The van der Waals surface area contributed by atoms with Crippen LogP contribution in [-0.4, -0.2) is 32.0 Å². The van der Waals surface area contributed by atoms with Crippen molar-refractivity contribution in [2.24, 2.45) is 5.41 Å². The Morgan fingerprint density at radius 3 is 2.44 bits per heavy atom. The fourth-order valence-electron chi connectivity index (χ4n) is 2.20. The molecular formula is C12H16BrNO2. The van der Waals surface area contributed by atoms with Crippen LogP contribution in [0.25, 0.3) is 0 Å². The van der Waals surface area contributed by atoms with Crippen molar-refractivity contribution >= 4 is 15.9 Å². The van der Waals surface area contributed by atoms with E-state index >= 15 is 0 Å². The normalized spacial score (nSPS) is 20.2. The maximum Gasteiger partial charge on any atom is 0.0596 e. The third-order valence-electron chi connectivity index (χ3n) is 3.20. The van der Waals surface area contributed by atoms with Crippen LogP contribution < -0.4 is 5.32 Å². The Hall–Kier alpha value is -0.420. The summed E-state index contributed by atoms with van der Waals surface area (Å²) < 4.78 is 6.31. The molecule has 3 nitrogen and oxygen atoms in total. The quantitative estimate of drug-likeness (QED) is 0.885. The second-order valence-corrected chi connectivity index (χ2v) is 5.20. The molecule has 1 heterocycles. The van der Waals surface area contributed by atoms with Gasteiger partial charge in [-0.1, -0.05) is 28.1 Å². The average Bonchev–Trinajstić information content (AvgIpc) is 2.25. The molecule has 88 valence electrons. The monoisotopic (exact) mass is 285 g/mol. The fraction of sp³-hybridized carbons (Fsp3) is 0.500. The summed E-state index contributed by atoms with van der Waals surface area (Å²) in [5.74, 6) is 0. The summed E-state index contributed by atoms with van der Waals surface area (Å²) in [6, 6.07) is 8.32. The van der Waals surface area contributed by atoms with Gasteiger partial charge in [0.25, 0.3) is 0 Å². The highest BCUT2D eigenvalue weighted by Gasteiger charge is 2.45. The topological polar surface area (TPSA) is 41.5 Å². The van der Waals surface area contributed by atoms with Crippen LogP contribution in [0.5, 0.6) is 0 Å². The summed E-state index contributed by atoms with van der Waals surface area (Å²) in [6.45, 7) is 1.38. The van der Waals surface area contributed by atoms with Crippen LogP contribution >= 0.6 is 15.9 Å². The van der Waals surface area contributed by atoms with Crippen LogP contribution in [0.1, 0.15) is 11.6 Å². The van der Waals surface area contributed by atoms with Crippen LogP contribution in [-0.2, 0) is 4.74 Å². The summed E-state index contributed by atoms with van der Waals surface area (Å²) in [5, 5.41) is 12.8. The van der Waals surface area contributed by atoms with Gasteiger partial charge in [-0.2, -0.15) is 0 Å². The van der Waals surface area contributed by atoms with Gasteiger partial charge in [0.2, 0.25) is 0 Å². The molecule has 0 aromatic heterocycles. The molecule has 4 heteroatoms. The minimum atomic E-state index is -0.164. The highest BCUT2D eigenvalue weighted by molar-refractivity contribution is 9.10. The van der Waals surface area contributed by atoms with Gasteiger partial charge in [0.05, 0.1) is 25.2 Å². The Labute approximate surface area is 104 Å². The second-order valence-electron chi connectivity index (χ2n) is 4.29. The molecule has 0 saturated carbocycles. The van der Waals surface area contributed by atoms with Crippen molar-refractivity contribution in [3.8, 4) is 0 Å². The van der Waals surface area contributed by atoms with E-state index in [0.717, 1.165) is 4.47 Å². The Morgan fingerprint density at radius 2 is 2.06 bits per heavy atom. The van der Waals surface area contributed by atoms with Gasteiger partial charge in [-0.3, -0.25) is 0 Å². The number of ether oxygens (including phenoxy) is 1. The van der Waals surface area contributed by atoms with Gasteiger partial charge < -0.3 is 15.2 Å². The molecule has 1 aromatic carbocycles. The molecule has 0 radical (unpaired) electrons. The molecule has 0 aliphatic carbocycles. The number of hydrogen-bond donors (Lipinski definition) is 2. The van der Waals surface area contributed by atoms with E-state index in [4.69, 9.17) is 4.74 Å². The number of benzene rings is 1. The predicted molar refractivity (Wildman–Crippen MR) is 66.3 cm³/mol. The second kappa shape index (κ2) is 4.84. The van der Waals surface area contributed by atoms with Gasteiger partial charge >= 0.3 is 0 Å². The maximum absolute atomic E-state index is 9.52. The summed E-state index contributed by atoms with van der Waals surface area (Å²) in [4.78, 5) is 0. The molecule has 0 bridgehead atoms. The van der Waals surface area contributed by atoms with Crippen molar-refractivity contribution in [2.45, 2.75) is 6.04 Å². The SMILES string of the molecule is CNC(c1ccc(Br)cc1)C1(CO)COC1. The smallest absolute Gasteiger partial charge is 0.0596 e. The first kappa shape index (κ1) is 12.0. The Morgan fingerprint density at radius 1 is 1.44 bits per heavy atom. The number of aliphatic hydroxyl groups is 1. The van der Waals surface area contributed by atoms with Crippen molar-refractivity contribution in [3.05, 3.63) is 34.3 Å². The Kier molecular flexibility index (Phi) is 3.64. The lowest BCUT2D eigenvalue weighted by Gasteiger charge is -2.46. The minimum Gasteiger partial charge on any atom is -0.396 e. The van der Waals surface area contributed by atoms with Crippen LogP contribution in [0.15, 0.2) is 28.7 Å². The molecule has 0 amide bonds. The molecule has 1 aliphatic rings. The highest BCUT2D eigenvalue weighted by atomic mass is 79.9. The standard InChI is InChI=1S/C12H16BrNO2/c1-14-11(12(6-15)7-16-8-12)9-2-4-10(13)5-3-9/h2-5,11,14-15H,6-8H2,1H3. The molecule has 1 atom stereocenters. The third-order valence-corrected chi connectivity index (χ3v) is 3.73. The first-order valence-corrected chi connectivity index (χ1v) is 6.12. The third kappa shape index (κ3) is 2.02. The van der Waals surface area contributed by atoms with Crippen molar-refractivity contribution in [1.29, 1.82) is 0 Å². The molecule has 1 fully saturated rings. The van der Waals surface area contributed by atoms with Crippen LogP contribution in [0.2, 0.25) is 0 Å². The summed E-state index contributed by atoms with van der Waals surface area (Å²) in [5.41, 5.74) is 1.02. The van der Waals surface area contributed by atoms with Gasteiger partial charge in [-0.05, 0) is 24.7 Å². The highest BCUT2D eigenvalue weighted by Crippen LogP contribution is 2.40. The first-order valence-electron chi connectivity index (χ1n) is 5.33. The van der Waals surface area contributed by atoms with Gasteiger partial charge in [0, 0.05) is 10.5 Å². The van der Waals surface area contributed by atoms with E-state index in [0.29, 0.717) is 13.2 Å². The summed E-state index contributed by atoms with van der Waals surface area (Å²) >= 11 is 3.42. The molecule has 2 rings (SSSR count). The number of aliphatic hydroxyl groups excluding tert-OH is 1. The van der Waals surface area contributed by atoms with E-state index in [1.807, 2.05) is 19.2 Å². The van der Waals surface area contributed by atoms with Crippen LogP contribution in [0.4, 0.5) is 0 Å². The lowest BCUT2D eigenvalue weighted by atomic mass is 9.76. The molecule has 2 N–H and O–H groups in total. The van der Waals surface area contributed by atoms with E-state index in [1.54, 1.807) is 0 Å². The maximum atomic E-state index is 9.52. The van der Waals surface area contributed by atoms with Gasteiger partial charge in [-0.25, -0.2) is 0 Å². The van der Waals surface area contributed by atoms with Crippen LogP contribution in [0, 0.1) is 5.41 Å². The zero-order valence-corrected chi connectivity index (χ0v) is 10.8. The van der Waals surface area contributed by atoms with Crippen molar-refractivity contribution in [1.82, 2.24) is 5.32 Å². The predicted octanol–water partition coefficient (Wildman–Crippen LogP) is 1.72. The zero-order chi connectivity index (χ0) is 11.6. The summed E-state index contributed by atoms with van der Waals surface area (Å²) in [6.07, 6.45) is 0. The van der Waals surface area contributed by atoms with Gasteiger partial charge in [0.15, 0.2) is 0 Å². The number of halogens is 1. The van der Waals surface area contributed by atoms with Gasteiger partial charge in [-0.15, -0.1) is 0 Å². The molecule has 1 unspecified atom stereocenters.